The summed E-state index contributed by atoms with van der Waals surface area (Å²) in [4.78, 5) is 40.7. The third kappa shape index (κ3) is 4.50. The molecule has 2 N–H and O–H groups in total. The van der Waals surface area contributed by atoms with Gasteiger partial charge in [0.2, 0.25) is 5.91 Å². The Morgan fingerprint density at radius 3 is 2.23 bits per heavy atom. The van der Waals surface area contributed by atoms with E-state index in [-0.39, 0.29) is 31.4 Å². The lowest BCUT2D eigenvalue weighted by atomic mass is 9.74. The first-order valence-electron chi connectivity index (χ1n) is 12.2. The van der Waals surface area contributed by atoms with E-state index >= 15 is 0 Å². The lowest BCUT2D eigenvalue weighted by molar-refractivity contribution is -0.148. The van der Waals surface area contributed by atoms with Crippen LogP contribution < -0.4 is 5.32 Å². The Morgan fingerprint density at radius 1 is 1.03 bits per heavy atom. The standard InChI is InChI=1S/C27H31N3O5/c1-29-13-14-30(16-23(29)25(32)33)24(31)15-27(11-6-12-27)28-26(34)35-17-22-20-9-4-2-7-18(20)19-8-3-5-10-21(19)22/h2-5,7-10,22-23H,6,11-17H2,1H3,(H,28,34)(H,32,33). The number of rotatable bonds is 6. The summed E-state index contributed by atoms with van der Waals surface area (Å²) in [6.45, 7) is 1.38. The maximum Gasteiger partial charge on any atom is 0.407 e. The van der Waals surface area contributed by atoms with Crippen LogP contribution in [0.1, 0.15) is 42.7 Å². The van der Waals surface area contributed by atoms with Gasteiger partial charge in [0, 0.05) is 25.6 Å². The average Bonchev–Trinajstić information content (AvgIpc) is 3.15. The van der Waals surface area contributed by atoms with Crippen LogP contribution in [0.2, 0.25) is 0 Å². The number of carboxylic acids is 1. The fourth-order valence-corrected chi connectivity index (χ4v) is 5.57. The molecule has 2 aromatic carbocycles. The summed E-state index contributed by atoms with van der Waals surface area (Å²) in [7, 11) is 1.76. The van der Waals surface area contributed by atoms with Crippen LogP contribution in [-0.4, -0.2) is 77.7 Å². The van der Waals surface area contributed by atoms with Gasteiger partial charge in [-0.15, -0.1) is 0 Å². The molecule has 0 aromatic heterocycles. The quantitative estimate of drug-likeness (QED) is 0.664. The largest absolute Gasteiger partial charge is 0.480 e. The highest BCUT2D eigenvalue weighted by atomic mass is 16.5. The van der Waals surface area contributed by atoms with Gasteiger partial charge in [-0.05, 0) is 48.6 Å². The summed E-state index contributed by atoms with van der Waals surface area (Å²) in [6, 6.07) is 15.7. The molecular formula is C27H31N3O5. The van der Waals surface area contributed by atoms with Crippen molar-refractivity contribution in [2.75, 3.05) is 33.3 Å². The number of benzene rings is 2. The Labute approximate surface area is 204 Å². The van der Waals surface area contributed by atoms with E-state index in [0.717, 1.165) is 17.5 Å². The number of carbonyl (C=O) groups is 3. The number of amides is 2. The van der Waals surface area contributed by atoms with Crippen LogP contribution in [0, 0.1) is 0 Å². The summed E-state index contributed by atoms with van der Waals surface area (Å²) in [5, 5.41) is 12.4. The van der Waals surface area contributed by atoms with Crippen LogP contribution in [0.25, 0.3) is 11.1 Å². The van der Waals surface area contributed by atoms with Crippen molar-refractivity contribution in [3.63, 3.8) is 0 Å². The van der Waals surface area contributed by atoms with Gasteiger partial charge in [-0.2, -0.15) is 0 Å². The highest BCUT2D eigenvalue weighted by Gasteiger charge is 2.43. The van der Waals surface area contributed by atoms with E-state index in [1.54, 1.807) is 16.8 Å². The number of piperazine rings is 1. The van der Waals surface area contributed by atoms with Crippen molar-refractivity contribution in [2.24, 2.45) is 0 Å². The van der Waals surface area contributed by atoms with Gasteiger partial charge in [0.05, 0.1) is 12.0 Å². The molecule has 0 spiro atoms. The van der Waals surface area contributed by atoms with Crippen molar-refractivity contribution in [1.82, 2.24) is 15.1 Å². The molecule has 0 radical (unpaired) electrons. The van der Waals surface area contributed by atoms with Gasteiger partial charge in [-0.3, -0.25) is 14.5 Å². The van der Waals surface area contributed by atoms with Crippen LogP contribution in [-0.2, 0) is 14.3 Å². The zero-order valence-corrected chi connectivity index (χ0v) is 19.9. The Morgan fingerprint density at radius 2 is 1.66 bits per heavy atom. The van der Waals surface area contributed by atoms with Crippen molar-refractivity contribution in [2.45, 2.75) is 43.2 Å². The molecule has 3 aliphatic rings. The van der Waals surface area contributed by atoms with Crippen LogP contribution >= 0.6 is 0 Å². The third-order valence-corrected chi connectivity index (χ3v) is 7.80. The molecule has 1 saturated carbocycles. The maximum atomic E-state index is 13.0. The average molecular weight is 478 g/mol. The number of carbonyl (C=O) groups excluding carboxylic acids is 2. The van der Waals surface area contributed by atoms with E-state index in [9.17, 15) is 19.5 Å². The molecule has 1 unspecified atom stereocenters. The van der Waals surface area contributed by atoms with Crippen molar-refractivity contribution in [3.05, 3.63) is 59.7 Å². The normalized spacial score (nSPS) is 20.9. The molecule has 1 heterocycles. The van der Waals surface area contributed by atoms with Gasteiger partial charge in [-0.1, -0.05) is 48.5 Å². The zero-order valence-electron chi connectivity index (χ0n) is 19.9. The molecule has 184 valence electrons. The SMILES string of the molecule is CN1CCN(C(=O)CC2(NC(=O)OCC3c4ccccc4-c4ccccc43)CCC2)CC1C(=O)O. The van der Waals surface area contributed by atoms with Crippen LogP contribution in [0.4, 0.5) is 4.79 Å². The molecule has 8 heteroatoms. The van der Waals surface area contributed by atoms with E-state index < -0.39 is 23.6 Å². The minimum Gasteiger partial charge on any atom is -0.480 e. The van der Waals surface area contributed by atoms with Crippen LogP contribution in [0.3, 0.4) is 0 Å². The fourth-order valence-electron chi connectivity index (χ4n) is 5.57. The first kappa shape index (κ1) is 23.4. The van der Waals surface area contributed by atoms with E-state index in [1.807, 2.05) is 24.3 Å². The molecule has 8 nitrogen and oxygen atoms in total. The molecule has 2 aliphatic carbocycles. The van der Waals surface area contributed by atoms with Crippen LogP contribution in [0.5, 0.6) is 0 Å². The number of ether oxygens (including phenoxy) is 1. The van der Waals surface area contributed by atoms with Gasteiger partial charge in [-0.25, -0.2) is 4.79 Å². The predicted molar refractivity (Wildman–Crippen MR) is 130 cm³/mol. The third-order valence-electron chi connectivity index (χ3n) is 7.80. The molecule has 35 heavy (non-hydrogen) atoms. The van der Waals surface area contributed by atoms with Gasteiger partial charge in [0.1, 0.15) is 12.6 Å². The molecule has 2 fully saturated rings. The first-order valence-corrected chi connectivity index (χ1v) is 12.2. The summed E-state index contributed by atoms with van der Waals surface area (Å²) in [5.41, 5.74) is 4.02. The number of hydrogen-bond donors (Lipinski definition) is 2. The smallest absolute Gasteiger partial charge is 0.407 e. The molecule has 5 rings (SSSR count). The Hall–Kier alpha value is -3.39. The van der Waals surface area contributed by atoms with Gasteiger partial charge in [0.15, 0.2) is 0 Å². The highest BCUT2D eigenvalue weighted by Crippen LogP contribution is 2.44. The second-order valence-corrected chi connectivity index (χ2v) is 9.94. The molecule has 1 aliphatic heterocycles. The topological polar surface area (TPSA) is 99.2 Å². The first-order chi connectivity index (χ1) is 16.9. The molecule has 2 amide bonds. The van der Waals surface area contributed by atoms with Crippen molar-refractivity contribution < 1.29 is 24.2 Å². The summed E-state index contributed by atoms with van der Waals surface area (Å²) in [6.07, 6.45) is 1.99. The molecule has 2 aromatic rings. The van der Waals surface area contributed by atoms with Crippen molar-refractivity contribution in [1.29, 1.82) is 0 Å². The van der Waals surface area contributed by atoms with Gasteiger partial charge in [0.25, 0.3) is 0 Å². The number of nitrogens with zero attached hydrogens (tertiary/aromatic N) is 2. The number of hydrogen-bond acceptors (Lipinski definition) is 5. The monoisotopic (exact) mass is 477 g/mol. The highest BCUT2D eigenvalue weighted by molar-refractivity contribution is 5.82. The number of aliphatic carboxylic acids is 1. The lowest BCUT2D eigenvalue weighted by Gasteiger charge is -2.44. The molecule has 1 atom stereocenters. The Balaban J connectivity index is 1.20. The lowest BCUT2D eigenvalue weighted by Crippen LogP contribution is -2.60. The molecule has 1 saturated heterocycles. The van der Waals surface area contributed by atoms with Crippen molar-refractivity contribution >= 4 is 18.0 Å². The van der Waals surface area contributed by atoms with Crippen molar-refractivity contribution in [3.8, 4) is 11.1 Å². The summed E-state index contributed by atoms with van der Waals surface area (Å²) < 4.78 is 5.70. The Bertz CT molecular complexity index is 1100. The number of carboxylic acid groups (broad SMARTS) is 1. The summed E-state index contributed by atoms with van der Waals surface area (Å²) in [5.74, 6) is -1.08. The molecule has 0 bridgehead atoms. The van der Waals surface area contributed by atoms with E-state index in [4.69, 9.17) is 4.74 Å². The fraction of sp³-hybridized carbons (Fsp3) is 0.444. The van der Waals surface area contributed by atoms with E-state index in [2.05, 4.69) is 29.6 Å². The Kier molecular flexibility index (Phi) is 6.23. The zero-order chi connectivity index (χ0) is 24.6. The minimum absolute atomic E-state index is 0.0228. The predicted octanol–water partition coefficient (Wildman–Crippen LogP) is 3.07. The number of likely N-dealkylation sites (N-methyl/N-ethyl adjacent to an activating group) is 1. The number of nitrogens with one attached hydrogen (secondary N) is 1. The maximum absolute atomic E-state index is 13.0. The second kappa shape index (κ2) is 9.34. The molecular weight excluding hydrogens is 446 g/mol. The minimum atomic E-state index is -0.930. The summed E-state index contributed by atoms with van der Waals surface area (Å²) >= 11 is 0. The second-order valence-electron chi connectivity index (χ2n) is 9.94. The van der Waals surface area contributed by atoms with Crippen LogP contribution in [0.15, 0.2) is 48.5 Å². The van der Waals surface area contributed by atoms with E-state index in [0.29, 0.717) is 25.9 Å². The number of alkyl carbamates (subject to hydrolysis) is 1. The number of fused-ring (bicyclic) bond motifs is 3. The van der Waals surface area contributed by atoms with Gasteiger partial charge < -0.3 is 20.1 Å². The van der Waals surface area contributed by atoms with E-state index in [1.165, 1.54) is 11.1 Å². The van der Waals surface area contributed by atoms with Gasteiger partial charge >= 0.3 is 12.1 Å².